The van der Waals surface area contributed by atoms with Gasteiger partial charge >= 0.3 is 0 Å². The summed E-state index contributed by atoms with van der Waals surface area (Å²) in [6, 6.07) is 14.1. The maximum absolute atomic E-state index is 12.5. The lowest BCUT2D eigenvalue weighted by atomic mass is 10.1. The Balaban J connectivity index is 1.97. The molecular formula is C22H25ClN2O. The van der Waals surface area contributed by atoms with Crippen LogP contribution in [-0.4, -0.2) is 16.5 Å². The average Bonchev–Trinajstić information content (AvgIpc) is 2.87. The van der Waals surface area contributed by atoms with E-state index < -0.39 is 0 Å². The Labute approximate surface area is 160 Å². The Morgan fingerprint density at radius 1 is 1.15 bits per heavy atom. The summed E-state index contributed by atoms with van der Waals surface area (Å²) in [6.45, 7) is 9.12. The monoisotopic (exact) mass is 368 g/mol. The Bertz CT molecular complexity index is 941. The van der Waals surface area contributed by atoms with E-state index in [1.807, 2.05) is 31.2 Å². The number of amides is 1. The number of aromatic nitrogens is 1. The molecule has 3 aromatic rings. The summed E-state index contributed by atoms with van der Waals surface area (Å²) in [4.78, 5) is 12.5. The third-order valence-corrected chi connectivity index (χ3v) is 5.40. The third kappa shape index (κ3) is 3.63. The van der Waals surface area contributed by atoms with Crippen molar-refractivity contribution in [2.45, 2.75) is 46.7 Å². The summed E-state index contributed by atoms with van der Waals surface area (Å²) in [6.07, 6.45) is 0.920. The first-order chi connectivity index (χ1) is 12.4. The van der Waals surface area contributed by atoms with Crippen molar-refractivity contribution in [3.8, 4) is 0 Å². The van der Waals surface area contributed by atoms with E-state index in [-0.39, 0.29) is 11.9 Å². The van der Waals surface area contributed by atoms with Gasteiger partial charge < -0.3 is 9.88 Å². The molecule has 2 aromatic carbocycles. The average molecular weight is 369 g/mol. The van der Waals surface area contributed by atoms with E-state index in [9.17, 15) is 4.79 Å². The van der Waals surface area contributed by atoms with Gasteiger partial charge in [-0.25, -0.2) is 0 Å². The highest BCUT2D eigenvalue weighted by Gasteiger charge is 2.15. The predicted molar refractivity (Wildman–Crippen MR) is 109 cm³/mol. The van der Waals surface area contributed by atoms with E-state index in [0.717, 1.165) is 28.9 Å². The van der Waals surface area contributed by atoms with Gasteiger partial charge in [-0.3, -0.25) is 4.79 Å². The van der Waals surface area contributed by atoms with E-state index in [0.29, 0.717) is 5.56 Å². The molecule has 0 aliphatic rings. The zero-order valence-corrected chi connectivity index (χ0v) is 16.5. The summed E-state index contributed by atoms with van der Waals surface area (Å²) < 4.78 is 2.30. The van der Waals surface area contributed by atoms with Crippen LogP contribution in [0.1, 0.15) is 47.4 Å². The number of fused-ring (bicyclic) bond motifs is 1. The minimum atomic E-state index is -0.0104. The fraction of sp³-hybridized carbons (Fsp3) is 0.318. The molecule has 1 heterocycles. The summed E-state index contributed by atoms with van der Waals surface area (Å²) in [5.41, 5.74) is 5.49. The number of carbonyl (C=O) groups is 1. The van der Waals surface area contributed by atoms with Crippen LogP contribution in [0.25, 0.3) is 10.9 Å². The van der Waals surface area contributed by atoms with E-state index in [1.54, 1.807) is 0 Å². The van der Waals surface area contributed by atoms with Crippen molar-refractivity contribution in [3.63, 3.8) is 0 Å². The van der Waals surface area contributed by atoms with Gasteiger partial charge in [-0.05, 0) is 68.7 Å². The molecule has 0 radical (unpaired) electrons. The van der Waals surface area contributed by atoms with Gasteiger partial charge in [0.15, 0.2) is 0 Å². The second-order valence-electron chi connectivity index (χ2n) is 6.94. The fourth-order valence-corrected chi connectivity index (χ4v) is 3.30. The van der Waals surface area contributed by atoms with Crippen molar-refractivity contribution in [2.75, 3.05) is 0 Å². The third-order valence-electron chi connectivity index (χ3n) is 5.14. The van der Waals surface area contributed by atoms with Crippen molar-refractivity contribution in [2.24, 2.45) is 0 Å². The lowest BCUT2D eigenvalue weighted by molar-refractivity contribution is 0.0939. The number of aryl methyl sites for hydroxylation is 1. The molecule has 1 atom stereocenters. The van der Waals surface area contributed by atoms with Gasteiger partial charge in [0.2, 0.25) is 0 Å². The number of carbonyl (C=O) groups excluding carboxylic acids is 1. The Morgan fingerprint density at radius 2 is 1.85 bits per heavy atom. The summed E-state index contributed by atoms with van der Waals surface area (Å²) >= 11 is 5.99. The van der Waals surface area contributed by atoms with E-state index in [4.69, 9.17) is 11.6 Å². The van der Waals surface area contributed by atoms with Gasteiger partial charge in [0.1, 0.15) is 0 Å². The molecular weight excluding hydrogens is 344 g/mol. The molecule has 136 valence electrons. The second-order valence-corrected chi connectivity index (χ2v) is 7.37. The molecule has 0 bridgehead atoms. The number of rotatable bonds is 5. The smallest absolute Gasteiger partial charge is 0.251 e. The van der Waals surface area contributed by atoms with Gasteiger partial charge in [-0.15, -0.1) is 0 Å². The minimum Gasteiger partial charge on any atom is -0.350 e. The molecule has 3 rings (SSSR count). The lowest BCUT2D eigenvalue weighted by Gasteiger charge is -2.12. The fourth-order valence-electron chi connectivity index (χ4n) is 3.18. The Hall–Kier alpha value is -2.26. The molecule has 1 aromatic heterocycles. The van der Waals surface area contributed by atoms with Crippen LogP contribution >= 0.6 is 11.6 Å². The molecule has 0 spiro atoms. The minimum absolute atomic E-state index is 0.0104. The molecule has 1 N–H and O–H groups in total. The van der Waals surface area contributed by atoms with Crippen LogP contribution in [0.2, 0.25) is 5.02 Å². The zero-order valence-electron chi connectivity index (χ0n) is 15.8. The maximum atomic E-state index is 12.5. The topological polar surface area (TPSA) is 34.0 Å². The number of nitrogens with one attached hydrogen (secondary N) is 1. The number of nitrogens with zero attached hydrogens (tertiary/aromatic N) is 1. The Kier molecular flexibility index (Phi) is 5.38. The molecule has 0 saturated heterocycles. The predicted octanol–water partition coefficient (Wildman–Crippen LogP) is 5.49. The number of benzene rings is 2. The quantitative estimate of drug-likeness (QED) is 0.635. The van der Waals surface area contributed by atoms with E-state index >= 15 is 0 Å². The lowest BCUT2D eigenvalue weighted by Crippen LogP contribution is -2.31. The van der Waals surface area contributed by atoms with Crippen molar-refractivity contribution in [3.05, 3.63) is 69.9 Å². The van der Waals surface area contributed by atoms with Crippen LogP contribution in [0.5, 0.6) is 0 Å². The number of hydrogen-bond donors (Lipinski definition) is 1. The standard InChI is InChI=1S/C22H25ClN2O/c1-5-14(2)24-22(26)18-8-11-21-20(12-18)15(3)16(4)25(21)13-17-6-9-19(23)10-7-17/h6-12,14H,5,13H2,1-4H3,(H,24,26)/t14-/m0/s1. The molecule has 0 saturated carbocycles. The summed E-state index contributed by atoms with van der Waals surface area (Å²) in [5, 5.41) is 4.92. The van der Waals surface area contributed by atoms with Crippen molar-refractivity contribution in [1.82, 2.24) is 9.88 Å². The molecule has 1 amide bonds. The Morgan fingerprint density at radius 3 is 2.50 bits per heavy atom. The number of halogens is 1. The largest absolute Gasteiger partial charge is 0.350 e. The van der Waals surface area contributed by atoms with Crippen LogP contribution in [0.3, 0.4) is 0 Å². The van der Waals surface area contributed by atoms with Crippen LogP contribution in [0.4, 0.5) is 0 Å². The van der Waals surface area contributed by atoms with Crippen LogP contribution in [0.15, 0.2) is 42.5 Å². The van der Waals surface area contributed by atoms with Crippen LogP contribution < -0.4 is 5.32 Å². The van der Waals surface area contributed by atoms with Gasteiger partial charge in [-0.1, -0.05) is 30.7 Å². The highest BCUT2D eigenvalue weighted by atomic mass is 35.5. The second kappa shape index (κ2) is 7.55. The summed E-state index contributed by atoms with van der Waals surface area (Å²) in [5.74, 6) is -0.0104. The molecule has 0 unspecified atom stereocenters. The molecule has 26 heavy (non-hydrogen) atoms. The van der Waals surface area contributed by atoms with Crippen molar-refractivity contribution in [1.29, 1.82) is 0 Å². The molecule has 0 aliphatic carbocycles. The van der Waals surface area contributed by atoms with Crippen molar-refractivity contribution < 1.29 is 4.79 Å². The van der Waals surface area contributed by atoms with E-state index in [2.05, 4.69) is 48.9 Å². The van der Waals surface area contributed by atoms with Gasteiger partial charge in [0, 0.05) is 39.8 Å². The maximum Gasteiger partial charge on any atom is 0.251 e. The highest BCUT2D eigenvalue weighted by Crippen LogP contribution is 2.27. The van der Waals surface area contributed by atoms with Gasteiger partial charge in [0.05, 0.1) is 0 Å². The molecule has 0 fully saturated rings. The molecule has 4 heteroatoms. The molecule has 0 aliphatic heterocycles. The van der Waals surface area contributed by atoms with Gasteiger partial charge in [-0.2, -0.15) is 0 Å². The SMILES string of the molecule is CC[C@H](C)NC(=O)c1ccc2c(c1)c(C)c(C)n2Cc1ccc(Cl)cc1. The van der Waals surface area contributed by atoms with Crippen molar-refractivity contribution >= 4 is 28.4 Å². The normalized spacial score (nSPS) is 12.3. The van der Waals surface area contributed by atoms with Crippen LogP contribution in [0, 0.1) is 13.8 Å². The first-order valence-electron chi connectivity index (χ1n) is 9.05. The van der Waals surface area contributed by atoms with Gasteiger partial charge in [0.25, 0.3) is 5.91 Å². The van der Waals surface area contributed by atoms with E-state index in [1.165, 1.54) is 16.8 Å². The summed E-state index contributed by atoms with van der Waals surface area (Å²) in [7, 11) is 0. The number of hydrogen-bond acceptors (Lipinski definition) is 1. The first-order valence-corrected chi connectivity index (χ1v) is 9.43. The molecule has 3 nitrogen and oxygen atoms in total. The zero-order chi connectivity index (χ0) is 18.8. The van der Waals surface area contributed by atoms with Crippen LogP contribution in [-0.2, 0) is 6.54 Å². The first kappa shape index (κ1) is 18.5. The highest BCUT2D eigenvalue weighted by molar-refractivity contribution is 6.30.